The van der Waals surface area contributed by atoms with Crippen LogP contribution in [0.25, 0.3) is 0 Å². The molecule has 1 aromatic rings. The first kappa shape index (κ1) is 20.8. The molecule has 0 spiro atoms. The molecule has 1 aromatic carbocycles. The highest BCUT2D eigenvalue weighted by molar-refractivity contribution is 7.89. The summed E-state index contributed by atoms with van der Waals surface area (Å²) in [4.78, 5) is 34.9. The lowest BCUT2D eigenvalue weighted by Gasteiger charge is -2.25. The SMILES string of the molecule is CC(C)C[C@H](NC(=O)c1ccc(S(=O)(=O)N2CCNC(=O)C2)cc1)C(=O)O. The van der Waals surface area contributed by atoms with Crippen LogP contribution in [-0.2, 0) is 19.6 Å². The lowest BCUT2D eigenvalue weighted by Crippen LogP contribution is -2.49. The molecule has 0 saturated carbocycles. The summed E-state index contributed by atoms with van der Waals surface area (Å²) < 4.78 is 26.2. The Morgan fingerprint density at radius 1 is 1.26 bits per heavy atom. The van der Waals surface area contributed by atoms with Gasteiger partial charge in [-0.25, -0.2) is 13.2 Å². The molecule has 2 amide bonds. The molecule has 0 aromatic heterocycles. The molecular weight excluding hydrogens is 374 g/mol. The van der Waals surface area contributed by atoms with Crippen LogP contribution in [0.2, 0.25) is 0 Å². The highest BCUT2D eigenvalue weighted by atomic mass is 32.2. The maximum absolute atomic E-state index is 12.6. The summed E-state index contributed by atoms with van der Waals surface area (Å²) in [6.07, 6.45) is 0.282. The van der Waals surface area contributed by atoms with Crippen LogP contribution in [0.4, 0.5) is 0 Å². The van der Waals surface area contributed by atoms with E-state index >= 15 is 0 Å². The standard InChI is InChI=1S/C17H23N3O6S/c1-11(2)9-14(17(23)24)19-16(22)12-3-5-13(6-4-12)27(25,26)20-8-7-18-15(21)10-20/h3-6,11,14H,7-10H2,1-2H3,(H,18,21)(H,19,22)(H,23,24)/t14-/m0/s1. The van der Waals surface area contributed by atoms with E-state index in [0.29, 0.717) is 0 Å². The van der Waals surface area contributed by atoms with Crippen LogP contribution in [-0.4, -0.2) is 61.3 Å². The van der Waals surface area contributed by atoms with E-state index in [1.165, 1.54) is 24.3 Å². The molecule has 0 unspecified atom stereocenters. The molecule has 0 aliphatic carbocycles. The van der Waals surface area contributed by atoms with Crippen LogP contribution >= 0.6 is 0 Å². The zero-order valence-electron chi connectivity index (χ0n) is 15.1. The van der Waals surface area contributed by atoms with Crippen LogP contribution in [0.5, 0.6) is 0 Å². The van der Waals surface area contributed by atoms with Crippen molar-refractivity contribution in [2.45, 2.75) is 31.2 Å². The van der Waals surface area contributed by atoms with Gasteiger partial charge in [0.1, 0.15) is 6.04 Å². The van der Waals surface area contributed by atoms with Gasteiger partial charge in [-0.05, 0) is 36.6 Å². The van der Waals surface area contributed by atoms with Gasteiger partial charge in [-0.15, -0.1) is 0 Å². The van der Waals surface area contributed by atoms with Crippen molar-refractivity contribution in [3.63, 3.8) is 0 Å². The second-order valence-corrected chi connectivity index (χ2v) is 8.64. The third kappa shape index (κ3) is 5.27. The van der Waals surface area contributed by atoms with Crippen LogP contribution in [0.15, 0.2) is 29.2 Å². The van der Waals surface area contributed by atoms with Crippen molar-refractivity contribution in [2.24, 2.45) is 5.92 Å². The minimum atomic E-state index is -3.84. The largest absolute Gasteiger partial charge is 0.480 e. The number of aliphatic carboxylic acids is 1. The van der Waals surface area contributed by atoms with Gasteiger partial charge in [0.2, 0.25) is 15.9 Å². The van der Waals surface area contributed by atoms with Gasteiger partial charge in [0, 0.05) is 18.7 Å². The molecule has 1 heterocycles. The minimum absolute atomic E-state index is 0.0364. The van der Waals surface area contributed by atoms with Crippen LogP contribution in [0.1, 0.15) is 30.6 Å². The van der Waals surface area contributed by atoms with E-state index in [9.17, 15) is 27.9 Å². The summed E-state index contributed by atoms with van der Waals surface area (Å²) in [5.74, 6) is -2.00. The Morgan fingerprint density at radius 2 is 1.89 bits per heavy atom. The number of carboxylic acid groups (broad SMARTS) is 1. The first-order valence-corrected chi connectivity index (χ1v) is 9.96. The van der Waals surface area contributed by atoms with Crippen molar-refractivity contribution < 1.29 is 27.9 Å². The van der Waals surface area contributed by atoms with Crippen molar-refractivity contribution in [1.29, 1.82) is 0 Å². The second kappa shape index (κ2) is 8.49. The molecule has 2 rings (SSSR count). The predicted molar refractivity (Wildman–Crippen MR) is 96.6 cm³/mol. The zero-order valence-corrected chi connectivity index (χ0v) is 16.0. The number of benzene rings is 1. The molecule has 1 aliphatic rings. The zero-order chi connectivity index (χ0) is 20.2. The maximum Gasteiger partial charge on any atom is 0.326 e. The number of piperazine rings is 1. The van der Waals surface area contributed by atoms with Gasteiger partial charge >= 0.3 is 5.97 Å². The van der Waals surface area contributed by atoms with Gasteiger partial charge in [0.25, 0.3) is 5.91 Å². The Labute approximate surface area is 157 Å². The molecule has 3 N–H and O–H groups in total. The fourth-order valence-corrected chi connectivity index (χ4v) is 4.08. The maximum atomic E-state index is 12.6. The summed E-state index contributed by atoms with van der Waals surface area (Å²) in [5.41, 5.74) is 0.153. The number of carbonyl (C=O) groups is 3. The predicted octanol–water partition coefficient (Wildman–Crippen LogP) is 0.0362. The average Bonchev–Trinajstić information content (AvgIpc) is 2.60. The van der Waals surface area contributed by atoms with E-state index in [-0.39, 0.29) is 48.3 Å². The smallest absolute Gasteiger partial charge is 0.326 e. The van der Waals surface area contributed by atoms with Crippen LogP contribution < -0.4 is 10.6 Å². The molecule has 9 nitrogen and oxygen atoms in total. The first-order chi connectivity index (χ1) is 12.6. The number of nitrogens with zero attached hydrogens (tertiary/aromatic N) is 1. The van der Waals surface area contributed by atoms with Crippen molar-refractivity contribution in [1.82, 2.24) is 14.9 Å². The van der Waals surface area contributed by atoms with E-state index in [2.05, 4.69) is 10.6 Å². The lowest BCUT2D eigenvalue weighted by molar-refractivity contribution is -0.139. The van der Waals surface area contributed by atoms with E-state index in [0.717, 1.165) is 4.31 Å². The number of carboxylic acids is 1. The van der Waals surface area contributed by atoms with E-state index < -0.39 is 27.9 Å². The Hall–Kier alpha value is -2.46. The summed E-state index contributed by atoms with van der Waals surface area (Å²) >= 11 is 0. The molecule has 0 radical (unpaired) electrons. The van der Waals surface area contributed by atoms with Gasteiger partial charge in [-0.2, -0.15) is 4.31 Å². The number of carbonyl (C=O) groups excluding carboxylic acids is 2. The van der Waals surface area contributed by atoms with Crippen LogP contribution in [0.3, 0.4) is 0 Å². The normalized spacial score (nSPS) is 16.6. The molecule has 1 atom stereocenters. The summed E-state index contributed by atoms with van der Waals surface area (Å²) in [6.45, 7) is 3.86. The average molecular weight is 397 g/mol. The van der Waals surface area contributed by atoms with E-state index in [1.54, 1.807) is 0 Å². The Kier molecular flexibility index (Phi) is 6.55. The number of nitrogens with one attached hydrogen (secondary N) is 2. The fraction of sp³-hybridized carbons (Fsp3) is 0.471. The quantitative estimate of drug-likeness (QED) is 0.595. The highest BCUT2D eigenvalue weighted by Gasteiger charge is 2.29. The molecule has 148 valence electrons. The first-order valence-electron chi connectivity index (χ1n) is 8.52. The van der Waals surface area contributed by atoms with Gasteiger partial charge in [-0.3, -0.25) is 9.59 Å². The Bertz CT molecular complexity index is 820. The van der Waals surface area contributed by atoms with Crippen molar-refractivity contribution in [2.75, 3.05) is 19.6 Å². The van der Waals surface area contributed by atoms with Crippen molar-refractivity contribution in [3.05, 3.63) is 29.8 Å². The number of hydrogen-bond acceptors (Lipinski definition) is 5. The number of amides is 2. The second-order valence-electron chi connectivity index (χ2n) is 6.71. The van der Waals surface area contributed by atoms with Gasteiger partial charge < -0.3 is 15.7 Å². The Morgan fingerprint density at radius 3 is 2.41 bits per heavy atom. The summed E-state index contributed by atoms with van der Waals surface area (Å²) in [5, 5.41) is 14.2. The lowest BCUT2D eigenvalue weighted by atomic mass is 10.0. The molecular formula is C17H23N3O6S. The number of sulfonamides is 1. The minimum Gasteiger partial charge on any atom is -0.480 e. The number of hydrogen-bond donors (Lipinski definition) is 3. The molecule has 1 saturated heterocycles. The van der Waals surface area contributed by atoms with Gasteiger partial charge in [0.15, 0.2) is 0 Å². The molecule has 10 heteroatoms. The third-order valence-corrected chi connectivity index (χ3v) is 5.93. The Balaban J connectivity index is 2.12. The molecule has 0 bridgehead atoms. The number of rotatable bonds is 7. The summed E-state index contributed by atoms with van der Waals surface area (Å²) in [7, 11) is -3.84. The summed E-state index contributed by atoms with van der Waals surface area (Å²) in [6, 6.07) is 4.16. The third-order valence-electron chi connectivity index (χ3n) is 4.07. The van der Waals surface area contributed by atoms with Crippen molar-refractivity contribution >= 4 is 27.8 Å². The van der Waals surface area contributed by atoms with Crippen molar-refractivity contribution in [3.8, 4) is 0 Å². The van der Waals surface area contributed by atoms with Gasteiger partial charge in [-0.1, -0.05) is 13.8 Å². The fourth-order valence-electron chi connectivity index (χ4n) is 2.68. The van der Waals surface area contributed by atoms with E-state index in [1.807, 2.05) is 13.8 Å². The van der Waals surface area contributed by atoms with Crippen LogP contribution in [0, 0.1) is 5.92 Å². The van der Waals surface area contributed by atoms with Gasteiger partial charge in [0.05, 0.1) is 11.4 Å². The molecule has 1 fully saturated rings. The molecule has 1 aliphatic heterocycles. The topological polar surface area (TPSA) is 133 Å². The molecule has 27 heavy (non-hydrogen) atoms. The monoisotopic (exact) mass is 397 g/mol. The van der Waals surface area contributed by atoms with E-state index in [4.69, 9.17) is 0 Å². The highest BCUT2D eigenvalue weighted by Crippen LogP contribution is 2.17.